The van der Waals surface area contributed by atoms with Crippen LogP contribution < -0.4 is 4.90 Å². The van der Waals surface area contributed by atoms with Crippen molar-refractivity contribution in [2.45, 2.75) is 54.4 Å². The fourth-order valence-electron chi connectivity index (χ4n) is 5.14. The van der Waals surface area contributed by atoms with Crippen LogP contribution in [0.2, 0.25) is 0 Å². The minimum atomic E-state index is -10.7. The fraction of sp³-hybridized carbons (Fsp3) is 0.375. The molecule has 0 spiro atoms. The van der Waals surface area contributed by atoms with Crippen LogP contribution in [0, 0.1) is 0 Å². The number of methoxy groups -OCH3 is 1. The second-order valence-electron chi connectivity index (χ2n) is 10.2. The summed E-state index contributed by atoms with van der Waals surface area (Å²) < 4.78 is 66.4. The summed E-state index contributed by atoms with van der Waals surface area (Å²) in [6, 6.07) is 21.6. The first-order chi connectivity index (χ1) is 18.8. The Kier molecular flexibility index (Phi) is 11.5. The number of halogens is 6. The van der Waals surface area contributed by atoms with E-state index in [9.17, 15) is 30.0 Å². The molecule has 0 atom stereocenters. The van der Waals surface area contributed by atoms with E-state index in [1.165, 1.54) is 40.5 Å². The quantitative estimate of drug-likeness (QED) is 0.107. The van der Waals surface area contributed by atoms with E-state index in [0.29, 0.717) is 13.0 Å². The Morgan fingerprint density at radius 3 is 1.98 bits per heavy atom. The Hall–Kier alpha value is -3.39. The molecule has 0 bridgehead atoms. The number of allylic oxidation sites excluding steroid dienone is 1. The van der Waals surface area contributed by atoms with E-state index in [1.54, 1.807) is 0 Å². The monoisotopic (exact) mass is 632 g/mol. The van der Waals surface area contributed by atoms with E-state index in [-0.39, 0.29) is 26.2 Å². The molecular weight excluding hydrogens is 589 g/mol. The molecule has 0 aliphatic carbocycles. The second-order valence-corrected chi connectivity index (χ2v) is 12.1. The number of hydrogen-bond acceptors (Lipinski definition) is 3. The zero-order chi connectivity index (χ0) is 30.7. The van der Waals surface area contributed by atoms with Crippen molar-refractivity contribution in [3.05, 3.63) is 77.9 Å². The summed E-state index contributed by atoms with van der Waals surface area (Å²) in [5.74, 6) is -0.192. The summed E-state index contributed by atoms with van der Waals surface area (Å²) in [6.07, 6.45) is 4.75. The van der Waals surface area contributed by atoms with Gasteiger partial charge in [0, 0.05) is 36.5 Å². The molecule has 0 aromatic heterocycles. The number of ether oxygens (including phenoxy) is 1. The van der Waals surface area contributed by atoms with Crippen LogP contribution in [0.5, 0.6) is 0 Å². The van der Waals surface area contributed by atoms with Crippen LogP contribution in [0.25, 0.3) is 16.8 Å². The van der Waals surface area contributed by atoms with E-state index in [0.717, 1.165) is 18.7 Å². The molecule has 0 amide bonds. The van der Waals surface area contributed by atoms with Crippen LogP contribution in [0.3, 0.4) is 0 Å². The van der Waals surface area contributed by atoms with Gasteiger partial charge in [0.1, 0.15) is 6.42 Å². The second kappa shape index (κ2) is 13.1. The van der Waals surface area contributed by atoms with Gasteiger partial charge in [0.2, 0.25) is 5.69 Å². The molecule has 3 aromatic carbocycles. The number of anilines is 1. The van der Waals surface area contributed by atoms with Gasteiger partial charge in [0.15, 0.2) is 12.3 Å². The van der Waals surface area contributed by atoms with Gasteiger partial charge in [0.25, 0.3) is 0 Å². The Bertz CT molecular complexity index is 1470. The van der Waals surface area contributed by atoms with Crippen LogP contribution in [-0.4, -0.2) is 43.0 Å². The zero-order valence-electron chi connectivity index (χ0n) is 23.7. The van der Waals surface area contributed by atoms with Gasteiger partial charge in [-0.2, -0.15) is 4.58 Å². The molecule has 11 heteroatoms. The third-order valence-corrected chi connectivity index (χ3v) is 6.98. The van der Waals surface area contributed by atoms with Crippen LogP contribution in [0.15, 0.2) is 66.7 Å². The summed E-state index contributed by atoms with van der Waals surface area (Å²) in [5.41, 5.74) is 5.87. The number of benzene rings is 3. The van der Waals surface area contributed by atoms with Crippen LogP contribution in [-0.2, 0) is 14.9 Å². The molecule has 3 aromatic rings. The van der Waals surface area contributed by atoms with Crippen molar-refractivity contribution in [1.29, 1.82) is 0 Å². The summed E-state index contributed by atoms with van der Waals surface area (Å²) in [4.78, 5) is 14.3. The van der Waals surface area contributed by atoms with Crippen molar-refractivity contribution in [1.82, 2.24) is 0 Å². The standard InChI is InChI=1S/C30H35N2O2.2CH4.F6P/c1-6-31(7-2)24-16-12-22(13-17-24)14-19-27-30(3,4)29-25-11-9-8-10-23(25)15-18-26(29)32(27)21-20-28(33)34-5;;;1-7(2,3,4,5)6/h8-19H,6-7,20-21H2,1-5H3;2*1H4;/q+1;;;-1. The summed E-state index contributed by atoms with van der Waals surface area (Å²) in [6.45, 7) is 11.5. The van der Waals surface area contributed by atoms with Gasteiger partial charge < -0.3 is 9.64 Å². The van der Waals surface area contributed by atoms with E-state index < -0.39 is 7.81 Å². The SMILES string of the molecule is C.C.CCN(CC)c1ccc(/C=C/C2=[N+](CCC(=O)OC)c3ccc4ccccc4c3C2(C)C)cc1.F[P-](F)(F)(F)(F)F. The number of rotatable bonds is 8. The number of fused-ring (bicyclic) bond motifs is 3. The van der Waals surface area contributed by atoms with E-state index in [2.05, 4.69) is 110 Å². The average molecular weight is 633 g/mol. The van der Waals surface area contributed by atoms with Gasteiger partial charge >= 0.3 is 39.0 Å². The normalized spacial score (nSPS) is 15.3. The van der Waals surface area contributed by atoms with Gasteiger partial charge in [-0.15, -0.1) is 0 Å². The van der Waals surface area contributed by atoms with Gasteiger partial charge in [-0.25, -0.2) is 0 Å². The van der Waals surface area contributed by atoms with Crippen molar-refractivity contribution in [3.8, 4) is 0 Å². The molecule has 43 heavy (non-hydrogen) atoms. The Labute approximate surface area is 250 Å². The maximum absolute atomic E-state index is 12.0. The molecule has 240 valence electrons. The van der Waals surface area contributed by atoms with Crippen molar-refractivity contribution in [3.63, 3.8) is 0 Å². The topological polar surface area (TPSA) is 32.5 Å². The van der Waals surface area contributed by atoms with E-state index in [1.807, 2.05) is 0 Å². The van der Waals surface area contributed by atoms with Crippen LogP contribution in [0.4, 0.5) is 36.6 Å². The number of nitrogens with zero attached hydrogens (tertiary/aromatic N) is 2. The predicted molar refractivity (Wildman–Crippen MR) is 169 cm³/mol. The minimum absolute atomic E-state index is 0. The number of hydrogen-bond donors (Lipinski definition) is 0. The van der Waals surface area contributed by atoms with Gasteiger partial charge in [0.05, 0.1) is 12.5 Å². The third kappa shape index (κ3) is 10.4. The third-order valence-electron chi connectivity index (χ3n) is 6.98. The summed E-state index contributed by atoms with van der Waals surface area (Å²) in [5, 5.41) is 2.50. The van der Waals surface area contributed by atoms with Crippen molar-refractivity contribution < 1.29 is 39.3 Å². The van der Waals surface area contributed by atoms with E-state index in [4.69, 9.17) is 4.74 Å². The Morgan fingerprint density at radius 2 is 1.44 bits per heavy atom. The predicted octanol–water partition coefficient (Wildman–Crippen LogP) is 11.0. The van der Waals surface area contributed by atoms with Gasteiger partial charge in [-0.05, 0) is 68.3 Å². The molecule has 0 radical (unpaired) electrons. The number of carbonyl (C=O) groups excluding carboxylic acids is 1. The molecule has 4 nitrogen and oxygen atoms in total. The molecule has 1 aliphatic heterocycles. The first-order valence-corrected chi connectivity index (χ1v) is 15.2. The Morgan fingerprint density at radius 1 is 0.884 bits per heavy atom. The Balaban J connectivity index is 0.000000920. The van der Waals surface area contributed by atoms with Crippen LogP contribution >= 0.6 is 7.81 Å². The summed E-state index contributed by atoms with van der Waals surface area (Å²) >= 11 is 0. The molecule has 0 N–H and O–H groups in total. The molecule has 1 aliphatic rings. The molecular formula is C32H43F6N2O2P. The molecule has 0 unspecified atom stereocenters. The van der Waals surface area contributed by atoms with Gasteiger partial charge in [-0.3, -0.25) is 4.79 Å². The van der Waals surface area contributed by atoms with Crippen molar-refractivity contribution in [2.24, 2.45) is 0 Å². The molecule has 0 fully saturated rings. The average Bonchev–Trinajstić information content (AvgIpc) is 3.11. The molecule has 0 saturated carbocycles. The first-order valence-electron chi connectivity index (χ1n) is 13.2. The van der Waals surface area contributed by atoms with Crippen LogP contribution in [0.1, 0.15) is 60.1 Å². The van der Waals surface area contributed by atoms with Gasteiger partial charge in [-0.1, -0.05) is 51.3 Å². The van der Waals surface area contributed by atoms with E-state index >= 15 is 0 Å². The van der Waals surface area contributed by atoms with Crippen molar-refractivity contribution in [2.75, 3.05) is 31.6 Å². The van der Waals surface area contributed by atoms with Crippen molar-refractivity contribution >= 4 is 47.7 Å². The molecule has 1 heterocycles. The molecule has 4 rings (SSSR count). The maximum atomic E-state index is 12.0. The molecule has 0 saturated heterocycles. The number of carbonyl (C=O) groups is 1. The first kappa shape index (κ1) is 37.6. The number of esters is 1. The zero-order valence-corrected chi connectivity index (χ0v) is 24.6. The summed E-state index contributed by atoms with van der Waals surface area (Å²) in [7, 11) is -9.21. The fourth-order valence-corrected chi connectivity index (χ4v) is 5.14.